The van der Waals surface area contributed by atoms with E-state index in [0.717, 1.165) is 22.3 Å². The van der Waals surface area contributed by atoms with Gasteiger partial charge in [0.05, 0.1) is 12.6 Å². The molecule has 0 aliphatic carbocycles. The van der Waals surface area contributed by atoms with Crippen LogP contribution in [-0.2, 0) is 38.5 Å². The number of ether oxygens (including phenoxy) is 1. The smallest absolute Gasteiger partial charge is 0.326 e. The fourth-order valence-electron chi connectivity index (χ4n) is 4.17. The van der Waals surface area contributed by atoms with E-state index < -0.39 is 30.1 Å². The van der Waals surface area contributed by atoms with Crippen molar-refractivity contribution in [3.8, 4) is 0 Å². The Morgan fingerprint density at radius 3 is 2.42 bits per heavy atom. The molecule has 2 N–H and O–H groups in total. The van der Waals surface area contributed by atoms with E-state index in [1.807, 2.05) is 55.5 Å². The van der Waals surface area contributed by atoms with Crippen molar-refractivity contribution in [2.75, 3.05) is 6.61 Å². The maximum atomic E-state index is 13.3. The van der Waals surface area contributed by atoms with Crippen molar-refractivity contribution >= 4 is 17.8 Å². The predicted octanol–water partition coefficient (Wildman–Crippen LogP) is 2.88. The van der Waals surface area contributed by atoms with Crippen LogP contribution in [0.15, 0.2) is 48.5 Å². The molecule has 0 saturated carbocycles. The average molecular weight is 453 g/mol. The van der Waals surface area contributed by atoms with E-state index in [0.29, 0.717) is 12.8 Å². The Hall–Kier alpha value is -3.19. The number of carbonyl (C=O) groups is 3. The topological polar surface area (TPSA) is 95.9 Å². The van der Waals surface area contributed by atoms with Gasteiger partial charge in [-0.2, -0.15) is 0 Å². The van der Waals surface area contributed by atoms with Gasteiger partial charge in [-0.15, -0.1) is 0 Å². The van der Waals surface area contributed by atoms with Gasteiger partial charge in [-0.3, -0.25) is 14.9 Å². The van der Waals surface area contributed by atoms with Crippen LogP contribution in [0.25, 0.3) is 0 Å². The van der Waals surface area contributed by atoms with Crippen molar-refractivity contribution in [1.82, 2.24) is 10.2 Å². The summed E-state index contributed by atoms with van der Waals surface area (Å²) < 4.78 is 5.22. The zero-order valence-electron chi connectivity index (χ0n) is 19.4. The Labute approximate surface area is 194 Å². The highest BCUT2D eigenvalue weighted by atomic mass is 16.5. The van der Waals surface area contributed by atoms with Crippen molar-refractivity contribution in [3.63, 3.8) is 0 Å². The van der Waals surface area contributed by atoms with Crippen LogP contribution in [0, 0.1) is 6.92 Å². The van der Waals surface area contributed by atoms with E-state index >= 15 is 0 Å². The van der Waals surface area contributed by atoms with Gasteiger partial charge < -0.3 is 14.7 Å². The molecule has 1 amide bonds. The molecule has 1 aliphatic rings. The SMILES string of the molecule is CCOC(=O)C(CCc1ccc(C)cc1)NC(C)C(=O)N1Cc2ccccc2CC1C(=O)O. The van der Waals surface area contributed by atoms with E-state index in [4.69, 9.17) is 4.74 Å². The van der Waals surface area contributed by atoms with Gasteiger partial charge in [0.2, 0.25) is 5.91 Å². The monoisotopic (exact) mass is 452 g/mol. The number of nitrogens with one attached hydrogen (secondary N) is 1. The van der Waals surface area contributed by atoms with Crippen LogP contribution in [0.4, 0.5) is 0 Å². The summed E-state index contributed by atoms with van der Waals surface area (Å²) in [5.41, 5.74) is 4.14. The molecule has 3 rings (SSSR count). The molecule has 3 atom stereocenters. The number of carboxylic acids is 1. The van der Waals surface area contributed by atoms with Gasteiger partial charge in [-0.1, -0.05) is 54.1 Å². The maximum Gasteiger partial charge on any atom is 0.326 e. The molecular weight excluding hydrogens is 420 g/mol. The number of benzene rings is 2. The molecule has 1 aliphatic heterocycles. The van der Waals surface area contributed by atoms with E-state index in [1.165, 1.54) is 4.90 Å². The van der Waals surface area contributed by atoms with E-state index in [1.54, 1.807) is 13.8 Å². The van der Waals surface area contributed by atoms with Crippen molar-refractivity contribution in [3.05, 3.63) is 70.8 Å². The predicted molar refractivity (Wildman–Crippen MR) is 125 cm³/mol. The van der Waals surface area contributed by atoms with Crippen molar-refractivity contribution in [1.29, 1.82) is 0 Å². The number of carboxylic acid groups (broad SMARTS) is 1. The summed E-state index contributed by atoms with van der Waals surface area (Å²) >= 11 is 0. The van der Waals surface area contributed by atoms with Gasteiger partial charge >= 0.3 is 11.9 Å². The molecular formula is C26H32N2O5. The number of carbonyl (C=O) groups excluding carboxylic acids is 2. The first-order chi connectivity index (χ1) is 15.8. The molecule has 0 saturated heterocycles. The first-order valence-electron chi connectivity index (χ1n) is 11.4. The molecule has 7 nitrogen and oxygen atoms in total. The number of esters is 1. The molecule has 0 spiro atoms. The number of amides is 1. The van der Waals surface area contributed by atoms with E-state index in [2.05, 4.69) is 5.32 Å². The minimum Gasteiger partial charge on any atom is -0.480 e. The molecule has 3 unspecified atom stereocenters. The van der Waals surface area contributed by atoms with E-state index in [-0.39, 0.29) is 25.5 Å². The lowest BCUT2D eigenvalue weighted by molar-refractivity contribution is -0.153. The molecule has 7 heteroatoms. The van der Waals surface area contributed by atoms with Gasteiger partial charge in [0.1, 0.15) is 12.1 Å². The summed E-state index contributed by atoms with van der Waals surface area (Å²) in [6, 6.07) is 13.3. The number of hydrogen-bond acceptors (Lipinski definition) is 5. The lowest BCUT2D eigenvalue weighted by Gasteiger charge is -2.36. The Balaban J connectivity index is 1.72. The van der Waals surface area contributed by atoms with Gasteiger partial charge in [-0.25, -0.2) is 4.79 Å². The van der Waals surface area contributed by atoms with Crippen LogP contribution in [0.1, 0.15) is 42.5 Å². The number of aryl methyl sites for hydroxylation is 2. The highest BCUT2D eigenvalue weighted by molar-refractivity contribution is 5.88. The van der Waals surface area contributed by atoms with Crippen LogP contribution in [0.2, 0.25) is 0 Å². The van der Waals surface area contributed by atoms with Crippen molar-refractivity contribution < 1.29 is 24.2 Å². The lowest BCUT2D eigenvalue weighted by Crippen LogP contribution is -2.56. The normalized spacial score (nSPS) is 17.1. The molecule has 1 heterocycles. The van der Waals surface area contributed by atoms with Gasteiger partial charge in [0.15, 0.2) is 0 Å². The Bertz CT molecular complexity index is 988. The van der Waals surface area contributed by atoms with Crippen LogP contribution >= 0.6 is 0 Å². The standard InChI is InChI=1S/C26H32N2O5/c1-4-33-26(32)22(14-13-19-11-9-17(2)10-12-19)27-18(3)24(29)28-16-21-8-6-5-7-20(21)15-23(28)25(30)31/h5-12,18,22-23,27H,4,13-16H2,1-3H3,(H,30,31). The fraction of sp³-hybridized carbons (Fsp3) is 0.423. The highest BCUT2D eigenvalue weighted by Gasteiger charge is 2.37. The minimum atomic E-state index is -1.04. The summed E-state index contributed by atoms with van der Waals surface area (Å²) in [6.07, 6.45) is 1.37. The third kappa shape index (κ3) is 6.20. The van der Waals surface area contributed by atoms with Gasteiger partial charge in [-0.05, 0) is 50.3 Å². The fourth-order valence-corrected chi connectivity index (χ4v) is 4.17. The summed E-state index contributed by atoms with van der Waals surface area (Å²) in [6.45, 7) is 5.90. The molecule has 2 aromatic carbocycles. The zero-order valence-corrected chi connectivity index (χ0v) is 19.4. The molecule has 2 aromatic rings. The lowest BCUT2D eigenvalue weighted by atomic mass is 9.93. The van der Waals surface area contributed by atoms with Gasteiger partial charge in [0, 0.05) is 13.0 Å². The Morgan fingerprint density at radius 2 is 1.79 bits per heavy atom. The number of fused-ring (bicyclic) bond motifs is 1. The number of hydrogen-bond donors (Lipinski definition) is 2. The molecule has 0 bridgehead atoms. The third-order valence-electron chi connectivity index (χ3n) is 6.05. The molecule has 0 radical (unpaired) electrons. The van der Waals surface area contributed by atoms with Crippen molar-refractivity contribution in [2.24, 2.45) is 0 Å². The zero-order chi connectivity index (χ0) is 24.0. The second-order valence-electron chi connectivity index (χ2n) is 8.51. The van der Waals surface area contributed by atoms with Gasteiger partial charge in [0.25, 0.3) is 0 Å². The molecule has 0 fully saturated rings. The van der Waals surface area contributed by atoms with Crippen LogP contribution in [-0.4, -0.2) is 52.6 Å². The summed E-state index contributed by atoms with van der Waals surface area (Å²) in [5, 5.41) is 12.9. The molecule has 0 aromatic heterocycles. The first kappa shape index (κ1) is 24.5. The maximum absolute atomic E-state index is 13.3. The first-order valence-corrected chi connectivity index (χ1v) is 11.4. The molecule has 33 heavy (non-hydrogen) atoms. The van der Waals surface area contributed by atoms with Crippen LogP contribution < -0.4 is 5.32 Å². The Kier molecular flexibility index (Phi) is 8.22. The highest BCUT2D eigenvalue weighted by Crippen LogP contribution is 2.24. The third-order valence-corrected chi connectivity index (χ3v) is 6.05. The van der Waals surface area contributed by atoms with Crippen molar-refractivity contribution in [2.45, 2.75) is 64.7 Å². The largest absolute Gasteiger partial charge is 0.480 e. The number of nitrogens with zero attached hydrogens (tertiary/aromatic N) is 1. The van der Waals surface area contributed by atoms with Crippen LogP contribution in [0.5, 0.6) is 0 Å². The molecule has 176 valence electrons. The summed E-state index contributed by atoms with van der Waals surface area (Å²) in [4.78, 5) is 39.2. The summed E-state index contributed by atoms with van der Waals surface area (Å²) in [5.74, 6) is -1.80. The Morgan fingerprint density at radius 1 is 1.12 bits per heavy atom. The second kappa shape index (κ2) is 11.1. The summed E-state index contributed by atoms with van der Waals surface area (Å²) in [7, 11) is 0. The second-order valence-corrected chi connectivity index (χ2v) is 8.51. The average Bonchev–Trinajstić information content (AvgIpc) is 2.81. The van der Waals surface area contributed by atoms with Crippen LogP contribution in [0.3, 0.4) is 0 Å². The quantitative estimate of drug-likeness (QED) is 0.568. The number of rotatable bonds is 9. The minimum absolute atomic E-state index is 0.228. The van der Waals surface area contributed by atoms with E-state index in [9.17, 15) is 19.5 Å². The number of aliphatic carboxylic acids is 1.